The molecule has 0 atom stereocenters. The fourth-order valence-electron chi connectivity index (χ4n) is 2.28. The number of fused-ring (bicyclic) bond motifs is 1. The fourth-order valence-corrected chi connectivity index (χ4v) is 3.29. The highest BCUT2D eigenvalue weighted by atomic mass is 35.5. The maximum Gasteiger partial charge on any atom is 0.346 e. The molecule has 1 aromatic heterocycles. The molecule has 1 aliphatic heterocycles. The van der Waals surface area contributed by atoms with E-state index in [9.17, 15) is 14.4 Å². The van der Waals surface area contributed by atoms with Crippen molar-refractivity contribution in [2.24, 2.45) is 0 Å². The van der Waals surface area contributed by atoms with Gasteiger partial charge in [-0.05, 0) is 29.1 Å². The van der Waals surface area contributed by atoms with Crippen molar-refractivity contribution in [3.8, 4) is 0 Å². The number of Topliss-reactive ketones (excluding diaryl/α,β-unsaturated/α-hetero) is 1. The van der Waals surface area contributed by atoms with E-state index in [2.05, 4.69) is 0 Å². The van der Waals surface area contributed by atoms with Crippen molar-refractivity contribution in [2.75, 3.05) is 4.90 Å². The van der Waals surface area contributed by atoms with E-state index in [0.717, 1.165) is 11.3 Å². The summed E-state index contributed by atoms with van der Waals surface area (Å²) in [6.07, 6.45) is 0. The molecule has 7 heteroatoms. The Morgan fingerprint density at radius 2 is 2.05 bits per heavy atom. The van der Waals surface area contributed by atoms with Crippen LogP contribution in [0.15, 0.2) is 29.6 Å². The molecule has 2 heterocycles. The predicted molar refractivity (Wildman–Crippen MR) is 78.3 cm³/mol. The molecule has 106 valence electrons. The van der Waals surface area contributed by atoms with Gasteiger partial charge in [-0.15, -0.1) is 11.3 Å². The van der Waals surface area contributed by atoms with Gasteiger partial charge < -0.3 is 10.0 Å². The predicted octanol–water partition coefficient (Wildman–Crippen LogP) is 2.83. The van der Waals surface area contributed by atoms with Crippen LogP contribution in [0.2, 0.25) is 5.02 Å². The van der Waals surface area contributed by atoms with E-state index < -0.39 is 17.7 Å². The average Bonchev–Trinajstić information content (AvgIpc) is 2.99. The van der Waals surface area contributed by atoms with Crippen LogP contribution in [-0.4, -0.2) is 22.8 Å². The van der Waals surface area contributed by atoms with E-state index in [4.69, 9.17) is 16.7 Å². The largest absolute Gasteiger partial charge is 0.477 e. The Balaban J connectivity index is 2.03. The van der Waals surface area contributed by atoms with Gasteiger partial charge in [0.25, 0.3) is 11.7 Å². The topological polar surface area (TPSA) is 74.7 Å². The summed E-state index contributed by atoms with van der Waals surface area (Å²) in [4.78, 5) is 36.6. The number of carbonyl (C=O) groups excluding carboxylic acids is 2. The number of ketones is 1. The Morgan fingerprint density at radius 1 is 1.29 bits per heavy atom. The number of amides is 1. The van der Waals surface area contributed by atoms with Gasteiger partial charge in [-0.25, -0.2) is 4.79 Å². The van der Waals surface area contributed by atoms with E-state index >= 15 is 0 Å². The number of anilines is 1. The summed E-state index contributed by atoms with van der Waals surface area (Å²) >= 11 is 7.05. The summed E-state index contributed by atoms with van der Waals surface area (Å²) in [7, 11) is 0. The molecule has 1 aromatic carbocycles. The molecule has 3 rings (SSSR count). The molecule has 1 aliphatic rings. The van der Waals surface area contributed by atoms with Crippen LogP contribution in [-0.2, 0) is 11.3 Å². The first kappa shape index (κ1) is 13.8. The highest BCUT2D eigenvalue weighted by Gasteiger charge is 2.37. The summed E-state index contributed by atoms with van der Waals surface area (Å²) in [6, 6.07) is 6.44. The number of benzene rings is 1. The summed E-state index contributed by atoms with van der Waals surface area (Å²) < 4.78 is 0. The number of hydrogen-bond donors (Lipinski definition) is 1. The van der Waals surface area contributed by atoms with Gasteiger partial charge >= 0.3 is 5.97 Å². The number of carbonyl (C=O) groups is 3. The van der Waals surface area contributed by atoms with Crippen molar-refractivity contribution in [3.05, 3.63) is 50.7 Å². The molecule has 0 radical (unpaired) electrons. The Hall–Kier alpha value is -2.18. The van der Waals surface area contributed by atoms with Gasteiger partial charge in [0.2, 0.25) is 0 Å². The smallest absolute Gasteiger partial charge is 0.346 e. The van der Waals surface area contributed by atoms with Crippen molar-refractivity contribution >= 4 is 46.3 Å². The third-order valence-corrected chi connectivity index (χ3v) is 4.48. The molecule has 0 saturated carbocycles. The van der Waals surface area contributed by atoms with Crippen molar-refractivity contribution < 1.29 is 19.5 Å². The number of aromatic carboxylic acids is 1. The van der Waals surface area contributed by atoms with Gasteiger partial charge in [-0.1, -0.05) is 17.7 Å². The Morgan fingerprint density at radius 3 is 2.76 bits per heavy atom. The monoisotopic (exact) mass is 321 g/mol. The van der Waals surface area contributed by atoms with Gasteiger partial charge in [0.1, 0.15) is 4.88 Å². The summed E-state index contributed by atoms with van der Waals surface area (Å²) in [5.74, 6) is -2.41. The zero-order valence-electron chi connectivity index (χ0n) is 10.5. The molecule has 0 bridgehead atoms. The Bertz CT molecular complexity index is 783. The van der Waals surface area contributed by atoms with E-state index in [-0.39, 0.29) is 22.0 Å². The summed E-state index contributed by atoms with van der Waals surface area (Å²) in [5, 5.41) is 11.0. The lowest BCUT2D eigenvalue weighted by Gasteiger charge is -2.16. The van der Waals surface area contributed by atoms with Crippen LogP contribution >= 0.6 is 22.9 Å². The number of carboxylic acids is 1. The number of thiophene rings is 1. The third-order valence-electron chi connectivity index (χ3n) is 3.22. The first-order valence-electron chi connectivity index (χ1n) is 5.95. The minimum Gasteiger partial charge on any atom is -0.477 e. The van der Waals surface area contributed by atoms with E-state index in [1.165, 1.54) is 4.90 Å². The van der Waals surface area contributed by atoms with Crippen molar-refractivity contribution in [2.45, 2.75) is 6.54 Å². The van der Waals surface area contributed by atoms with Crippen LogP contribution in [0.1, 0.15) is 25.6 Å². The second-order valence-electron chi connectivity index (χ2n) is 4.43. The minimum absolute atomic E-state index is 0.0308. The Kier molecular flexibility index (Phi) is 3.27. The molecule has 0 spiro atoms. The molecular weight excluding hydrogens is 314 g/mol. The molecule has 0 unspecified atom stereocenters. The summed E-state index contributed by atoms with van der Waals surface area (Å²) in [5.41, 5.74) is 1.08. The molecule has 1 N–H and O–H groups in total. The van der Waals surface area contributed by atoms with Gasteiger partial charge in [0, 0.05) is 0 Å². The highest BCUT2D eigenvalue weighted by Crippen LogP contribution is 2.35. The van der Waals surface area contributed by atoms with Gasteiger partial charge in [-0.2, -0.15) is 0 Å². The zero-order valence-corrected chi connectivity index (χ0v) is 12.1. The SMILES string of the molecule is O=C(O)c1sccc1CN1C(=O)C(=O)c2c(Cl)cccc21. The van der Waals surface area contributed by atoms with Crippen LogP contribution < -0.4 is 4.90 Å². The number of carboxylic acid groups (broad SMARTS) is 1. The number of halogens is 1. The standard InChI is InChI=1S/C14H8ClNO4S/c15-8-2-1-3-9-10(8)11(17)13(18)16(9)6-7-4-5-21-12(7)14(19)20/h1-5H,6H2,(H,19,20). The maximum absolute atomic E-state index is 12.1. The quantitative estimate of drug-likeness (QED) is 0.882. The molecule has 21 heavy (non-hydrogen) atoms. The maximum atomic E-state index is 12.1. The van der Waals surface area contributed by atoms with Crippen LogP contribution in [0, 0.1) is 0 Å². The number of hydrogen-bond acceptors (Lipinski definition) is 4. The van der Waals surface area contributed by atoms with E-state index in [1.54, 1.807) is 29.6 Å². The molecular formula is C14H8ClNO4S. The molecule has 0 saturated heterocycles. The Labute approximate surface area is 128 Å². The van der Waals surface area contributed by atoms with E-state index in [1.807, 2.05) is 0 Å². The van der Waals surface area contributed by atoms with Gasteiger partial charge in [0.15, 0.2) is 0 Å². The first-order chi connectivity index (χ1) is 10.0. The lowest BCUT2D eigenvalue weighted by atomic mass is 10.1. The third kappa shape index (κ3) is 2.12. The van der Waals surface area contributed by atoms with Crippen molar-refractivity contribution in [1.29, 1.82) is 0 Å². The number of nitrogens with zero attached hydrogens (tertiary/aromatic N) is 1. The average molecular weight is 322 g/mol. The van der Waals surface area contributed by atoms with Gasteiger partial charge in [-0.3, -0.25) is 9.59 Å². The van der Waals surface area contributed by atoms with Crippen LogP contribution in [0.5, 0.6) is 0 Å². The fraction of sp³-hybridized carbons (Fsp3) is 0.0714. The minimum atomic E-state index is -1.05. The second-order valence-corrected chi connectivity index (χ2v) is 5.76. The van der Waals surface area contributed by atoms with Gasteiger partial charge in [0.05, 0.1) is 22.8 Å². The second kappa shape index (κ2) is 4.98. The number of rotatable bonds is 3. The molecule has 2 aromatic rings. The van der Waals surface area contributed by atoms with Crippen molar-refractivity contribution in [1.82, 2.24) is 0 Å². The highest BCUT2D eigenvalue weighted by molar-refractivity contribution is 7.12. The van der Waals surface area contributed by atoms with Crippen LogP contribution in [0.4, 0.5) is 5.69 Å². The van der Waals surface area contributed by atoms with Crippen LogP contribution in [0.25, 0.3) is 0 Å². The summed E-state index contributed by atoms with van der Waals surface area (Å²) in [6.45, 7) is 0.0308. The molecule has 0 fully saturated rings. The van der Waals surface area contributed by atoms with Crippen molar-refractivity contribution in [3.63, 3.8) is 0 Å². The lowest BCUT2D eigenvalue weighted by molar-refractivity contribution is -0.114. The van der Waals surface area contributed by atoms with E-state index in [0.29, 0.717) is 11.3 Å². The molecule has 5 nitrogen and oxygen atoms in total. The zero-order chi connectivity index (χ0) is 15.1. The lowest BCUT2D eigenvalue weighted by Crippen LogP contribution is -2.29. The molecule has 1 amide bonds. The van der Waals surface area contributed by atoms with Crippen LogP contribution in [0.3, 0.4) is 0 Å². The normalized spacial score (nSPS) is 13.7. The first-order valence-corrected chi connectivity index (χ1v) is 7.21. The molecule has 0 aliphatic carbocycles.